The van der Waals surface area contributed by atoms with Crippen molar-refractivity contribution in [1.82, 2.24) is 0 Å². The molecule has 0 amide bonds. The molecule has 0 aromatic heterocycles. The maximum atomic E-state index is 3.50. The molecular formula is C10H17Ru. The molecule has 0 heterocycles. The molecule has 1 aliphatic carbocycles. The summed E-state index contributed by atoms with van der Waals surface area (Å²) in [4.78, 5) is 0. The minimum atomic E-state index is 0. The van der Waals surface area contributed by atoms with Crippen molar-refractivity contribution in [3.63, 3.8) is 0 Å². The van der Waals surface area contributed by atoms with Crippen LogP contribution < -0.4 is 0 Å². The minimum absolute atomic E-state index is 0. The number of allylic oxidation sites excluding steroid dienone is 2. The van der Waals surface area contributed by atoms with Gasteiger partial charge in [0, 0.05) is 0 Å². The average Bonchev–Trinajstić information content (AvgIpc) is 1.73. The van der Waals surface area contributed by atoms with Crippen LogP contribution in [0.1, 0.15) is 41.0 Å². The predicted octanol–water partition coefficient (Wildman–Crippen LogP) is 3.19. The van der Waals surface area contributed by atoms with E-state index in [0.29, 0.717) is 10.8 Å². The summed E-state index contributed by atoms with van der Waals surface area (Å²) in [5.41, 5.74) is 2.13. The third-order valence-corrected chi connectivity index (χ3v) is 2.42. The maximum absolute atomic E-state index is 3.50. The molecule has 0 saturated carbocycles. The molecule has 0 bridgehead atoms. The van der Waals surface area contributed by atoms with Crippen molar-refractivity contribution in [1.29, 1.82) is 0 Å². The van der Waals surface area contributed by atoms with Crippen LogP contribution >= 0.6 is 0 Å². The first-order valence-electron chi connectivity index (χ1n) is 3.96. The summed E-state index contributed by atoms with van der Waals surface area (Å²) in [6.07, 6.45) is 4.74. The minimum Gasteiger partial charge on any atom is -0.491 e. The van der Waals surface area contributed by atoms with Gasteiger partial charge in [-0.1, -0.05) is 41.0 Å². The van der Waals surface area contributed by atoms with Crippen molar-refractivity contribution in [2.24, 2.45) is 10.8 Å². The van der Waals surface area contributed by atoms with E-state index in [-0.39, 0.29) is 19.5 Å². The van der Waals surface area contributed by atoms with E-state index >= 15 is 0 Å². The molecular weight excluding hydrogens is 221 g/mol. The van der Waals surface area contributed by atoms with Crippen molar-refractivity contribution in [2.75, 3.05) is 0 Å². The molecule has 1 aliphatic rings. The Bertz CT molecular complexity index is 175. The summed E-state index contributed by atoms with van der Waals surface area (Å²) in [6.45, 7) is 11.3. The SMILES string of the molecule is CC1=[C-]C(C)(C)CC1(C)C.[Ru+]. The first-order valence-corrected chi connectivity index (χ1v) is 3.96. The van der Waals surface area contributed by atoms with Gasteiger partial charge < -0.3 is 6.08 Å². The largest absolute Gasteiger partial charge is 1.00 e. The summed E-state index contributed by atoms with van der Waals surface area (Å²) in [7, 11) is 0. The predicted molar refractivity (Wildman–Crippen MR) is 44.6 cm³/mol. The molecule has 1 radical (unpaired) electrons. The molecule has 0 aliphatic heterocycles. The molecule has 1 heteroatoms. The molecule has 11 heavy (non-hydrogen) atoms. The molecule has 1 rings (SSSR count). The summed E-state index contributed by atoms with van der Waals surface area (Å²) in [5.74, 6) is 0. The quantitative estimate of drug-likeness (QED) is 0.449. The van der Waals surface area contributed by atoms with E-state index in [1.165, 1.54) is 12.0 Å². The van der Waals surface area contributed by atoms with Gasteiger partial charge in [0.05, 0.1) is 0 Å². The Kier molecular flexibility index (Phi) is 3.11. The van der Waals surface area contributed by atoms with E-state index in [2.05, 4.69) is 40.7 Å². The molecule has 0 spiro atoms. The zero-order valence-electron chi connectivity index (χ0n) is 8.06. The molecule has 65 valence electrons. The van der Waals surface area contributed by atoms with Gasteiger partial charge >= 0.3 is 19.5 Å². The fourth-order valence-electron chi connectivity index (χ4n) is 1.96. The van der Waals surface area contributed by atoms with Gasteiger partial charge in [-0.2, -0.15) is 5.41 Å². The summed E-state index contributed by atoms with van der Waals surface area (Å²) >= 11 is 0. The molecule has 0 unspecified atom stereocenters. The van der Waals surface area contributed by atoms with Crippen LogP contribution in [0.5, 0.6) is 0 Å². The Morgan fingerprint density at radius 3 is 1.73 bits per heavy atom. The molecule has 0 N–H and O–H groups in total. The van der Waals surface area contributed by atoms with E-state index < -0.39 is 0 Å². The van der Waals surface area contributed by atoms with E-state index in [9.17, 15) is 0 Å². The summed E-state index contributed by atoms with van der Waals surface area (Å²) in [5, 5.41) is 0. The summed E-state index contributed by atoms with van der Waals surface area (Å²) in [6, 6.07) is 0. The van der Waals surface area contributed by atoms with Crippen molar-refractivity contribution >= 4 is 0 Å². The second kappa shape index (κ2) is 3.01. The van der Waals surface area contributed by atoms with Crippen LogP contribution in [0.2, 0.25) is 0 Å². The van der Waals surface area contributed by atoms with Crippen LogP contribution in [0.25, 0.3) is 0 Å². The van der Waals surface area contributed by atoms with Gasteiger partial charge in [0.15, 0.2) is 0 Å². The topological polar surface area (TPSA) is 0 Å². The molecule has 0 atom stereocenters. The molecule has 0 saturated heterocycles. The van der Waals surface area contributed by atoms with Crippen molar-refractivity contribution < 1.29 is 19.5 Å². The summed E-state index contributed by atoms with van der Waals surface area (Å²) < 4.78 is 0. The first-order chi connectivity index (χ1) is 4.33. The van der Waals surface area contributed by atoms with Gasteiger partial charge in [-0.3, -0.25) is 5.57 Å². The van der Waals surface area contributed by atoms with Crippen LogP contribution in [-0.4, -0.2) is 0 Å². The van der Waals surface area contributed by atoms with Crippen molar-refractivity contribution in [3.05, 3.63) is 11.6 Å². The molecule has 0 nitrogen and oxygen atoms in total. The zero-order chi connectivity index (χ0) is 7.99. The first kappa shape index (κ1) is 11.4. The Morgan fingerprint density at radius 1 is 1.18 bits per heavy atom. The van der Waals surface area contributed by atoms with Gasteiger partial charge in [0.25, 0.3) is 0 Å². The Morgan fingerprint density at radius 2 is 1.64 bits per heavy atom. The molecule has 0 aromatic rings. The van der Waals surface area contributed by atoms with E-state index in [1.54, 1.807) is 0 Å². The van der Waals surface area contributed by atoms with Crippen LogP contribution in [0.15, 0.2) is 5.57 Å². The third-order valence-electron chi connectivity index (χ3n) is 2.42. The maximum Gasteiger partial charge on any atom is 1.00 e. The Labute approximate surface area is 83.2 Å². The zero-order valence-corrected chi connectivity index (χ0v) is 9.80. The fraction of sp³-hybridized carbons (Fsp3) is 0.800. The second-order valence-electron chi connectivity index (χ2n) is 4.69. The van der Waals surface area contributed by atoms with Gasteiger partial charge in [0.2, 0.25) is 0 Å². The van der Waals surface area contributed by atoms with Crippen molar-refractivity contribution in [2.45, 2.75) is 41.0 Å². The monoisotopic (exact) mass is 239 g/mol. The Hall–Kier alpha value is 0.363. The van der Waals surface area contributed by atoms with E-state index in [4.69, 9.17) is 0 Å². The van der Waals surface area contributed by atoms with E-state index in [1.807, 2.05) is 0 Å². The number of hydrogen-bond acceptors (Lipinski definition) is 0. The standard InChI is InChI=1S/C10H17.Ru/c1-8-6-9(2,3)7-10(8,4)5;/h7H2,1-5H3;/q-1;+1. The van der Waals surface area contributed by atoms with Crippen LogP contribution in [0.3, 0.4) is 0 Å². The van der Waals surface area contributed by atoms with Gasteiger partial charge in [-0.05, 0) is 5.41 Å². The Balaban J connectivity index is 0.000001000. The fourth-order valence-corrected chi connectivity index (χ4v) is 1.96. The molecule has 0 aromatic carbocycles. The number of rotatable bonds is 0. The average molecular weight is 238 g/mol. The van der Waals surface area contributed by atoms with E-state index in [0.717, 1.165) is 0 Å². The van der Waals surface area contributed by atoms with Crippen LogP contribution in [0.4, 0.5) is 0 Å². The van der Waals surface area contributed by atoms with Gasteiger partial charge in [-0.15, -0.1) is 0 Å². The van der Waals surface area contributed by atoms with Crippen molar-refractivity contribution in [3.8, 4) is 0 Å². The smallest absolute Gasteiger partial charge is 0.491 e. The van der Waals surface area contributed by atoms with Gasteiger partial charge in [-0.25, -0.2) is 0 Å². The number of hydrogen-bond donors (Lipinski definition) is 0. The second-order valence-corrected chi connectivity index (χ2v) is 4.69. The third kappa shape index (κ3) is 2.40. The normalized spacial score (nSPS) is 25.7. The van der Waals surface area contributed by atoms with Crippen LogP contribution in [-0.2, 0) is 19.5 Å². The van der Waals surface area contributed by atoms with Crippen LogP contribution in [0, 0.1) is 16.9 Å². The van der Waals surface area contributed by atoms with Gasteiger partial charge in [0.1, 0.15) is 0 Å². The molecule has 0 fully saturated rings.